The summed E-state index contributed by atoms with van der Waals surface area (Å²) < 4.78 is 4.98. The van der Waals surface area contributed by atoms with Gasteiger partial charge in [0, 0.05) is 12.5 Å². The Balaban J connectivity index is 1.95. The van der Waals surface area contributed by atoms with E-state index in [2.05, 4.69) is 5.16 Å². The van der Waals surface area contributed by atoms with Crippen LogP contribution in [0.3, 0.4) is 0 Å². The zero-order valence-corrected chi connectivity index (χ0v) is 8.71. The predicted octanol–water partition coefficient (Wildman–Crippen LogP) is 1.44. The first kappa shape index (κ1) is 10.9. The molecule has 0 saturated carbocycles. The molecule has 1 aromatic carbocycles. The zero-order chi connectivity index (χ0) is 11.4. The summed E-state index contributed by atoms with van der Waals surface area (Å²) in [6.07, 6.45) is -0.0185. The largest absolute Gasteiger partial charge is 0.363 e. The number of aromatic nitrogens is 1. The molecule has 0 saturated heterocycles. The van der Waals surface area contributed by atoms with Crippen molar-refractivity contribution in [2.24, 2.45) is 0 Å². The summed E-state index contributed by atoms with van der Waals surface area (Å²) in [5, 5.41) is 21.3. The molecule has 0 aliphatic carbocycles. The van der Waals surface area contributed by atoms with Crippen molar-refractivity contribution in [2.75, 3.05) is 0 Å². The van der Waals surface area contributed by atoms with E-state index < -0.39 is 6.29 Å². The molecule has 2 N–H and O–H groups in total. The van der Waals surface area contributed by atoms with Crippen LogP contribution in [0.1, 0.15) is 23.3 Å². The van der Waals surface area contributed by atoms with Crippen molar-refractivity contribution in [1.82, 2.24) is 5.16 Å². The maximum atomic E-state index is 8.86. The van der Waals surface area contributed by atoms with Crippen molar-refractivity contribution >= 4 is 0 Å². The molecule has 4 heteroatoms. The topological polar surface area (TPSA) is 66.5 Å². The van der Waals surface area contributed by atoms with Crippen LogP contribution in [0.5, 0.6) is 0 Å². The zero-order valence-electron chi connectivity index (χ0n) is 8.71. The second-order valence-corrected chi connectivity index (χ2v) is 3.58. The fraction of sp³-hybridized carbons (Fsp3) is 0.250. The molecule has 1 heterocycles. The number of benzene rings is 1. The summed E-state index contributed by atoms with van der Waals surface area (Å²) in [5.74, 6) is 0.659. The van der Waals surface area contributed by atoms with E-state index in [9.17, 15) is 0 Å². The van der Waals surface area contributed by atoms with E-state index in [1.807, 2.05) is 30.3 Å². The molecular formula is C12H13NO3. The minimum atomic E-state index is -1.56. The third-order valence-corrected chi connectivity index (χ3v) is 2.34. The molecule has 0 fully saturated rings. The Bertz CT molecular complexity index is 437. The van der Waals surface area contributed by atoms with Gasteiger partial charge in [0.15, 0.2) is 6.29 Å². The van der Waals surface area contributed by atoms with Crippen molar-refractivity contribution in [3.05, 3.63) is 53.4 Å². The second kappa shape index (κ2) is 4.92. The lowest BCUT2D eigenvalue weighted by molar-refractivity contribution is -0.0476. The van der Waals surface area contributed by atoms with Gasteiger partial charge < -0.3 is 14.7 Å². The van der Waals surface area contributed by atoms with Crippen LogP contribution in [0.2, 0.25) is 0 Å². The third-order valence-electron chi connectivity index (χ3n) is 2.34. The van der Waals surface area contributed by atoms with Gasteiger partial charge in [-0.25, -0.2) is 0 Å². The van der Waals surface area contributed by atoms with Gasteiger partial charge >= 0.3 is 0 Å². The van der Waals surface area contributed by atoms with Crippen LogP contribution in [-0.4, -0.2) is 15.4 Å². The van der Waals surface area contributed by atoms with Gasteiger partial charge in [0.2, 0.25) is 0 Å². The second-order valence-electron chi connectivity index (χ2n) is 3.58. The van der Waals surface area contributed by atoms with Crippen molar-refractivity contribution in [1.29, 1.82) is 0 Å². The van der Waals surface area contributed by atoms with Crippen molar-refractivity contribution in [3.8, 4) is 0 Å². The molecule has 0 aliphatic rings. The van der Waals surface area contributed by atoms with Gasteiger partial charge in [-0.1, -0.05) is 35.5 Å². The number of aryl methyl sites for hydroxylation is 2. The molecule has 0 unspecified atom stereocenters. The molecule has 0 bridgehead atoms. The van der Waals surface area contributed by atoms with Crippen LogP contribution in [0.25, 0.3) is 0 Å². The van der Waals surface area contributed by atoms with Crippen LogP contribution in [-0.2, 0) is 12.8 Å². The van der Waals surface area contributed by atoms with Crippen LogP contribution >= 0.6 is 0 Å². The normalized spacial score (nSPS) is 10.9. The van der Waals surface area contributed by atoms with E-state index in [0.29, 0.717) is 12.2 Å². The summed E-state index contributed by atoms with van der Waals surface area (Å²) in [4.78, 5) is 0. The highest BCUT2D eigenvalue weighted by Gasteiger charge is 2.09. The fourth-order valence-corrected chi connectivity index (χ4v) is 1.48. The van der Waals surface area contributed by atoms with Gasteiger partial charge in [-0.2, -0.15) is 0 Å². The van der Waals surface area contributed by atoms with Gasteiger partial charge in [-0.05, 0) is 12.0 Å². The molecule has 2 rings (SSSR count). The molecule has 84 valence electrons. The van der Waals surface area contributed by atoms with Gasteiger partial charge in [0.25, 0.3) is 0 Å². The molecule has 1 aromatic heterocycles. The fourth-order valence-electron chi connectivity index (χ4n) is 1.48. The van der Waals surface area contributed by atoms with Crippen LogP contribution in [0.4, 0.5) is 0 Å². The Hall–Kier alpha value is -1.65. The van der Waals surface area contributed by atoms with E-state index >= 15 is 0 Å². The monoisotopic (exact) mass is 219 g/mol. The van der Waals surface area contributed by atoms with E-state index in [0.717, 1.165) is 6.42 Å². The standard InChI is InChI=1S/C12H13NO3/c14-12(15)11-8-10(16-13-11)7-6-9-4-2-1-3-5-9/h1-5,8,12,14-15H,6-7H2. The minimum Gasteiger partial charge on any atom is -0.363 e. The first-order valence-corrected chi connectivity index (χ1v) is 5.11. The molecule has 0 atom stereocenters. The maximum Gasteiger partial charge on any atom is 0.199 e. The molecule has 16 heavy (non-hydrogen) atoms. The predicted molar refractivity (Wildman–Crippen MR) is 57.5 cm³/mol. The number of aliphatic hydroxyl groups is 2. The van der Waals surface area contributed by atoms with Crippen LogP contribution < -0.4 is 0 Å². The number of aliphatic hydroxyl groups excluding tert-OH is 1. The summed E-state index contributed by atoms with van der Waals surface area (Å²) in [7, 11) is 0. The highest BCUT2D eigenvalue weighted by atomic mass is 16.5. The smallest absolute Gasteiger partial charge is 0.199 e. The van der Waals surface area contributed by atoms with E-state index in [1.165, 1.54) is 5.56 Å². The molecule has 0 amide bonds. The van der Waals surface area contributed by atoms with Crippen LogP contribution in [0, 0.1) is 0 Å². The van der Waals surface area contributed by atoms with Crippen molar-refractivity contribution < 1.29 is 14.7 Å². The van der Waals surface area contributed by atoms with Gasteiger partial charge in [-0.3, -0.25) is 0 Å². The molecule has 0 radical (unpaired) electrons. The summed E-state index contributed by atoms with van der Waals surface area (Å²) in [6.45, 7) is 0. The number of hydrogen-bond acceptors (Lipinski definition) is 4. The number of hydrogen-bond donors (Lipinski definition) is 2. The number of rotatable bonds is 4. The third kappa shape index (κ3) is 2.68. The lowest BCUT2D eigenvalue weighted by atomic mass is 10.1. The Labute approximate surface area is 93.1 Å². The summed E-state index contributed by atoms with van der Waals surface area (Å²) in [6, 6.07) is 11.6. The minimum absolute atomic E-state index is 0.156. The van der Waals surface area contributed by atoms with E-state index in [-0.39, 0.29) is 5.69 Å². The van der Waals surface area contributed by atoms with Gasteiger partial charge in [0.05, 0.1) is 0 Å². The van der Waals surface area contributed by atoms with Gasteiger partial charge in [0.1, 0.15) is 11.5 Å². The average Bonchev–Trinajstić information content (AvgIpc) is 2.76. The summed E-state index contributed by atoms with van der Waals surface area (Å²) >= 11 is 0. The number of nitrogens with zero attached hydrogens (tertiary/aromatic N) is 1. The van der Waals surface area contributed by atoms with Crippen molar-refractivity contribution in [2.45, 2.75) is 19.1 Å². The quantitative estimate of drug-likeness (QED) is 0.764. The van der Waals surface area contributed by atoms with Gasteiger partial charge in [-0.15, -0.1) is 0 Å². The molecule has 0 aliphatic heterocycles. The molecule has 2 aromatic rings. The first-order chi connectivity index (χ1) is 7.75. The van der Waals surface area contributed by atoms with E-state index in [4.69, 9.17) is 14.7 Å². The molecule has 4 nitrogen and oxygen atoms in total. The first-order valence-electron chi connectivity index (χ1n) is 5.11. The SMILES string of the molecule is OC(O)c1cc(CCc2ccccc2)on1. The average molecular weight is 219 g/mol. The summed E-state index contributed by atoms with van der Waals surface area (Å²) in [5.41, 5.74) is 1.37. The highest BCUT2D eigenvalue weighted by molar-refractivity contribution is 5.16. The lowest BCUT2D eigenvalue weighted by Crippen LogP contribution is -1.93. The Morgan fingerprint density at radius 2 is 1.88 bits per heavy atom. The molecule has 0 spiro atoms. The van der Waals surface area contributed by atoms with E-state index in [1.54, 1.807) is 6.07 Å². The van der Waals surface area contributed by atoms with Crippen LogP contribution in [0.15, 0.2) is 40.9 Å². The lowest BCUT2D eigenvalue weighted by Gasteiger charge is -1.97. The Kier molecular flexibility index (Phi) is 3.34. The Morgan fingerprint density at radius 3 is 2.50 bits per heavy atom. The Morgan fingerprint density at radius 1 is 1.12 bits per heavy atom. The highest BCUT2D eigenvalue weighted by Crippen LogP contribution is 2.12. The maximum absolute atomic E-state index is 8.86. The molecular weight excluding hydrogens is 206 g/mol. The van der Waals surface area contributed by atoms with Crippen molar-refractivity contribution in [3.63, 3.8) is 0 Å².